The Labute approximate surface area is 88.0 Å². The Bertz CT molecular complexity index is 399. The number of carbonyl (C=O) groups excluding carboxylic acids is 2. The second kappa shape index (κ2) is 4.59. The number of benzene rings is 1. The first-order chi connectivity index (χ1) is 7.00. The number of carbonyl (C=O) groups is 2. The summed E-state index contributed by atoms with van der Waals surface area (Å²) in [7, 11) is 0. The van der Waals surface area contributed by atoms with Crippen molar-refractivity contribution in [2.75, 3.05) is 6.61 Å². The molecule has 15 heavy (non-hydrogen) atoms. The smallest absolute Gasteiger partial charge is 0.255 e. The van der Waals surface area contributed by atoms with Crippen molar-refractivity contribution in [2.45, 2.75) is 13.8 Å². The molecule has 0 aliphatic carbocycles. The van der Waals surface area contributed by atoms with E-state index in [0.29, 0.717) is 11.3 Å². The van der Waals surface area contributed by atoms with E-state index in [1.54, 1.807) is 18.2 Å². The van der Waals surface area contributed by atoms with Gasteiger partial charge in [0.15, 0.2) is 12.4 Å². The van der Waals surface area contributed by atoms with Crippen LogP contribution in [-0.4, -0.2) is 18.3 Å². The fraction of sp³-hybridized carbons (Fsp3) is 0.273. The second-order valence-electron chi connectivity index (χ2n) is 3.29. The SMILES string of the molecule is CC(=O)c1ccc(OCC(N)=O)c(C)c1. The van der Waals surface area contributed by atoms with Gasteiger partial charge in [0.05, 0.1) is 0 Å². The van der Waals surface area contributed by atoms with Crippen LogP contribution in [0.25, 0.3) is 0 Å². The Morgan fingerprint density at radius 2 is 2.07 bits per heavy atom. The van der Waals surface area contributed by atoms with Crippen molar-refractivity contribution in [1.82, 2.24) is 0 Å². The summed E-state index contributed by atoms with van der Waals surface area (Å²) in [6.45, 7) is 3.15. The number of ketones is 1. The number of aryl methyl sites for hydroxylation is 1. The van der Waals surface area contributed by atoms with Gasteiger partial charge in [0.25, 0.3) is 5.91 Å². The predicted molar refractivity (Wildman–Crippen MR) is 55.9 cm³/mol. The van der Waals surface area contributed by atoms with Crippen LogP contribution in [-0.2, 0) is 4.79 Å². The Morgan fingerprint density at radius 3 is 2.53 bits per heavy atom. The minimum absolute atomic E-state index is 0.000416. The topological polar surface area (TPSA) is 69.4 Å². The van der Waals surface area contributed by atoms with Crippen molar-refractivity contribution >= 4 is 11.7 Å². The van der Waals surface area contributed by atoms with Crippen molar-refractivity contribution in [1.29, 1.82) is 0 Å². The molecule has 1 aromatic carbocycles. The molecule has 0 fully saturated rings. The lowest BCUT2D eigenvalue weighted by molar-refractivity contribution is -0.119. The van der Waals surface area contributed by atoms with Crippen LogP contribution in [0, 0.1) is 6.92 Å². The molecule has 0 spiro atoms. The second-order valence-corrected chi connectivity index (χ2v) is 3.29. The van der Waals surface area contributed by atoms with Gasteiger partial charge in [-0.3, -0.25) is 9.59 Å². The van der Waals surface area contributed by atoms with Crippen molar-refractivity contribution in [3.05, 3.63) is 29.3 Å². The maximum absolute atomic E-state index is 11.1. The molecule has 0 bridgehead atoms. The molecule has 0 atom stereocenters. The molecule has 4 nitrogen and oxygen atoms in total. The highest BCUT2D eigenvalue weighted by atomic mass is 16.5. The van der Waals surface area contributed by atoms with E-state index in [0.717, 1.165) is 5.56 Å². The zero-order valence-electron chi connectivity index (χ0n) is 8.74. The fourth-order valence-corrected chi connectivity index (χ4v) is 1.18. The van der Waals surface area contributed by atoms with Crippen LogP contribution < -0.4 is 10.5 Å². The zero-order chi connectivity index (χ0) is 11.4. The number of hydrogen-bond donors (Lipinski definition) is 1. The molecule has 4 heteroatoms. The lowest BCUT2D eigenvalue weighted by atomic mass is 10.1. The summed E-state index contributed by atoms with van der Waals surface area (Å²) < 4.78 is 5.15. The zero-order valence-corrected chi connectivity index (χ0v) is 8.74. The fourth-order valence-electron chi connectivity index (χ4n) is 1.18. The number of ether oxygens (including phenoxy) is 1. The predicted octanol–water partition coefficient (Wildman–Crippen LogP) is 1.06. The van der Waals surface area contributed by atoms with Gasteiger partial charge >= 0.3 is 0 Å². The average Bonchev–Trinajstić information content (AvgIpc) is 2.15. The summed E-state index contributed by atoms with van der Waals surface area (Å²) in [5.41, 5.74) is 6.38. The van der Waals surface area contributed by atoms with Crippen molar-refractivity contribution in [3.63, 3.8) is 0 Å². The summed E-state index contributed by atoms with van der Waals surface area (Å²) in [4.78, 5) is 21.6. The van der Waals surface area contributed by atoms with Crippen molar-refractivity contribution in [2.24, 2.45) is 5.73 Å². The molecule has 0 heterocycles. The standard InChI is InChI=1S/C11H13NO3/c1-7-5-9(8(2)13)3-4-10(7)15-6-11(12)14/h3-5H,6H2,1-2H3,(H2,12,14). The number of rotatable bonds is 4. The maximum Gasteiger partial charge on any atom is 0.255 e. The van der Waals surface area contributed by atoms with Gasteiger partial charge in [-0.25, -0.2) is 0 Å². The molecule has 0 aromatic heterocycles. The highest BCUT2D eigenvalue weighted by Crippen LogP contribution is 2.19. The van der Waals surface area contributed by atoms with Gasteiger partial charge < -0.3 is 10.5 Å². The van der Waals surface area contributed by atoms with E-state index in [2.05, 4.69) is 0 Å². The molecule has 0 saturated carbocycles. The van der Waals surface area contributed by atoms with E-state index in [-0.39, 0.29) is 12.4 Å². The average molecular weight is 207 g/mol. The van der Waals surface area contributed by atoms with Gasteiger partial charge in [-0.05, 0) is 37.6 Å². The van der Waals surface area contributed by atoms with Gasteiger partial charge in [-0.15, -0.1) is 0 Å². The lowest BCUT2D eigenvalue weighted by Gasteiger charge is -2.07. The van der Waals surface area contributed by atoms with Crippen molar-refractivity contribution < 1.29 is 14.3 Å². The molecule has 1 aromatic rings. The molecular weight excluding hydrogens is 194 g/mol. The van der Waals surface area contributed by atoms with Crippen LogP contribution in [0.5, 0.6) is 5.75 Å². The Kier molecular flexibility index (Phi) is 3.44. The molecule has 2 N–H and O–H groups in total. The highest BCUT2D eigenvalue weighted by molar-refractivity contribution is 5.94. The van der Waals surface area contributed by atoms with Gasteiger partial charge in [0.2, 0.25) is 0 Å². The molecule has 0 aliphatic rings. The number of nitrogens with two attached hydrogens (primary N) is 1. The first kappa shape index (κ1) is 11.2. The normalized spacial score (nSPS) is 9.73. The van der Waals surface area contributed by atoms with Gasteiger partial charge in [-0.1, -0.05) is 0 Å². The Balaban J connectivity index is 2.83. The Hall–Kier alpha value is -1.84. The largest absolute Gasteiger partial charge is 0.484 e. The van der Waals surface area contributed by atoms with Crippen LogP contribution in [0.2, 0.25) is 0 Å². The van der Waals surface area contributed by atoms with E-state index in [1.165, 1.54) is 6.92 Å². The third kappa shape index (κ3) is 3.09. The van der Waals surface area contributed by atoms with E-state index >= 15 is 0 Å². The van der Waals surface area contributed by atoms with Crippen LogP contribution >= 0.6 is 0 Å². The molecule has 0 aliphatic heterocycles. The minimum atomic E-state index is -0.523. The molecule has 0 radical (unpaired) electrons. The third-order valence-electron chi connectivity index (χ3n) is 1.95. The highest BCUT2D eigenvalue weighted by Gasteiger charge is 2.05. The number of amides is 1. The summed E-state index contributed by atoms with van der Waals surface area (Å²) in [6.07, 6.45) is 0. The van der Waals surface area contributed by atoms with Crippen LogP contribution in [0.15, 0.2) is 18.2 Å². The number of Topliss-reactive ketones (excluding diaryl/α,β-unsaturated/α-hetero) is 1. The van der Waals surface area contributed by atoms with E-state index in [1.807, 2.05) is 6.92 Å². The summed E-state index contributed by atoms with van der Waals surface area (Å²) in [5, 5.41) is 0. The maximum atomic E-state index is 11.1. The Morgan fingerprint density at radius 1 is 1.40 bits per heavy atom. The van der Waals surface area contributed by atoms with Gasteiger partial charge in [0.1, 0.15) is 5.75 Å². The molecule has 0 unspecified atom stereocenters. The van der Waals surface area contributed by atoms with Gasteiger partial charge in [0, 0.05) is 5.56 Å². The number of hydrogen-bond acceptors (Lipinski definition) is 3. The monoisotopic (exact) mass is 207 g/mol. The summed E-state index contributed by atoms with van der Waals surface area (Å²) >= 11 is 0. The van der Waals surface area contributed by atoms with Gasteiger partial charge in [-0.2, -0.15) is 0 Å². The van der Waals surface area contributed by atoms with Crippen LogP contribution in [0.4, 0.5) is 0 Å². The van der Waals surface area contributed by atoms with E-state index in [4.69, 9.17) is 10.5 Å². The first-order valence-corrected chi connectivity index (χ1v) is 4.53. The molecule has 0 saturated heterocycles. The van der Waals surface area contributed by atoms with Crippen molar-refractivity contribution in [3.8, 4) is 5.75 Å². The molecule has 1 amide bonds. The quantitative estimate of drug-likeness (QED) is 0.750. The van der Waals surface area contributed by atoms with E-state index < -0.39 is 5.91 Å². The summed E-state index contributed by atoms with van der Waals surface area (Å²) in [6, 6.07) is 5.04. The number of primary amides is 1. The molecular formula is C11H13NO3. The van der Waals surface area contributed by atoms with Crippen LogP contribution in [0.3, 0.4) is 0 Å². The minimum Gasteiger partial charge on any atom is -0.484 e. The molecule has 1 rings (SSSR count). The first-order valence-electron chi connectivity index (χ1n) is 4.53. The summed E-state index contributed by atoms with van der Waals surface area (Å²) in [5.74, 6) is 0.0448. The molecule has 80 valence electrons. The third-order valence-corrected chi connectivity index (χ3v) is 1.95. The lowest BCUT2D eigenvalue weighted by Crippen LogP contribution is -2.20. The van der Waals surface area contributed by atoms with E-state index in [9.17, 15) is 9.59 Å². The van der Waals surface area contributed by atoms with Crippen LogP contribution in [0.1, 0.15) is 22.8 Å².